The second-order valence-electron chi connectivity index (χ2n) is 4.44. The molecule has 2 saturated heterocycles. The van der Waals surface area contributed by atoms with E-state index in [0.717, 1.165) is 18.8 Å². The minimum atomic E-state index is -0.420. The van der Waals surface area contributed by atoms with Gasteiger partial charge in [-0.05, 0) is 12.5 Å². The molecule has 0 aromatic carbocycles. The molecule has 1 aromatic heterocycles. The third-order valence-electron chi connectivity index (χ3n) is 3.40. The largest absolute Gasteiger partial charge is 0.366 e. The highest BCUT2D eigenvalue weighted by Gasteiger charge is 2.37. The average Bonchev–Trinajstić information content (AvgIpc) is 2.91. The Labute approximate surface area is 93.6 Å². The van der Waals surface area contributed by atoms with Gasteiger partial charge in [0.1, 0.15) is 0 Å². The van der Waals surface area contributed by atoms with Crippen molar-refractivity contribution >= 4 is 11.6 Å². The lowest BCUT2D eigenvalue weighted by Crippen LogP contribution is -2.43. The molecule has 3 heterocycles. The summed E-state index contributed by atoms with van der Waals surface area (Å²) in [5.41, 5.74) is 6.73. The molecule has 0 spiro atoms. The highest BCUT2D eigenvalue weighted by Crippen LogP contribution is 2.29. The minimum Gasteiger partial charge on any atom is -0.366 e. The van der Waals surface area contributed by atoms with Crippen LogP contribution in [0.25, 0.3) is 0 Å². The number of anilines is 1. The molecule has 2 aliphatic heterocycles. The number of piperazine rings is 1. The van der Waals surface area contributed by atoms with Crippen LogP contribution in [0.4, 0.5) is 5.69 Å². The van der Waals surface area contributed by atoms with Crippen molar-refractivity contribution in [3.05, 3.63) is 24.0 Å². The topological polar surface area (TPSA) is 71.2 Å². The van der Waals surface area contributed by atoms with Gasteiger partial charge in [-0.3, -0.25) is 9.78 Å². The first-order valence-corrected chi connectivity index (χ1v) is 5.49. The second-order valence-corrected chi connectivity index (χ2v) is 4.44. The van der Waals surface area contributed by atoms with Gasteiger partial charge in [0.2, 0.25) is 5.91 Å². The summed E-state index contributed by atoms with van der Waals surface area (Å²) < 4.78 is 0. The van der Waals surface area contributed by atoms with Crippen LogP contribution in [-0.4, -0.2) is 36.1 Å². The first-order valence-electron chi connectivity index (χ1n) is 5.49. The van der Waals surface area contributed by atoms with Crippen LogP contribution in [0.5, 0.6) is 0 Å². The fourth-order valence-electron chi connectivity index (χ4n) is 2.60. The van der Waals surface area contributed by atoms with Crippen molar-refractivity contribution in [3.63, 3.8) is 0 Å². The van der Waals surface area contributed by atoms with Crippen molar-refractivity contribution < 1.29 is 4.79 Å². The summed E-state index contributed by atoms with van der Waals surface area (Å²) in [4.78, 5) is 17.5. The van der Waals surface area contributed by atoms with Crippen LogP contribution >= 0.6 is 0 Å². The van der Waals surface area contributed by atoms with E-state index in [1.807, 2.05) is 6.07 Å². The number of amides is 1. The maximum absolute atomic E-state index is 11.1. The number of rotatable bonds is 2. The van der Waals surface area contributed by atoms with E-state index in [2.05, 4.69) is 15.2 Å². The number of hydrogen-bond acceptors (Lipinski definition) is 4. The highest BCUT2D eigenvalue weighted by atomic mass is 16.1. The molecule has 3 N–H and O–H groups in total. The van der Waals surface area contributed by atoms with Crippen LogP contribution in [-0.2, 0) is 0 Å². The lowest BCUT2D eigenvalue weighted by molar-refractivity contribution is 0.1000. The van der Waals surface area contributed by atoms with E-state index >= 15 is 0 Å². The Morgan fingerprint density at radius 3 is 3.06 bits per heavy atom. The number of primary amides is 1. The van der Waals surface area contributed by atoms with Crippen LogP contribution in [0, 0.1) is 0 Å². The van der Waals surface area contributed by atoms with Crippen LogP contribution < -0.4 is 16.0 Å². The van der Waals surface area contributed by atoms with Gasteiger partial charge < -0.3 is 16.0 Å². The fraction of sp³-hybridized carbons (Fsp3) is 0.455. The summed E-state index contributed by atoms with van der Waals surface area (Å²) in [6, 6.07) is 2.95. The van der Waals surface area contributed by atoms with Crippen molar-refractivity contribution in [1.82, 2.24) is 10.3 Å². The molecule has 0 unspecified atom stereocenters. The quantitative estimate of drug-likeness (QED) is 0.717. The number of fused-ring (bicyclic) bond motifs is 2. The van der Waals surface area contributed by atoms with E-state index in [-0.39, 0.29) is 0 Å². The zero-order chi connectivity index (χ0) is 11.1. The summed E-state index contributed by atoms with van der Waals surface area (Å²) in [6.45, 7) is 2.01. The molecule has 0 saturated carbocycles. The summed E-state index contributed by atoms with van der Waals surface area (Å²) in [5, 5.41) is 3.44. The minimum absolute atomic E-state index is 0.420. The third kappa shape index (κ3) is 1.44. The normalized spacial score (nSPS) is 27.4. The number of carbonyl (C=O) groups is 1. The summed E-state index contributed by atoms with van der Waals surface area (Å²) >= 11 is 0. The van der Waals surface area contributed by atoms with Gasteiger partial charge >= 0.3 is 0 Å². The molecule has 2 fully saturated rings. The maximum Gasteiger partial charge on any atom is 0.250 e. The Balaban J connectivity index is 1.89. The van der Waals surface area contributed by atoms with Crippen molar-refractivity contribution in [1.29, 1.82) is 0 Å². The van der Waals surface area contributed by atoms with Crippen LogP contribution in [0.2, 0.25) is 0 Å². The zero-order valence-electron chi connectivity index (χ0n) is 8.89. The Hall–Kier alpha value is -1.62. The predicted molar refractivity (Wildman–Crippen MR) is 60.3 cm³/mol. The van der Waals surface area contributed by atoms with E-state index in [1.165, 1.54) is 12.6 Å². The van der Waals surface area contributed by atoms with E-state index in [4.69, 9.17) is 5.73 Å². The number of aromatic nitrogens is 1. The Morgan fingerprint density at radius 1 is 1.56 bits per heavy atom. The molecular weight excluding hydrogens is 204 g/mol. The molecule has 2 atom stereocenters. The maximum atomic E-state index is 11.1. The molecule has 5 nitrogen and oxygen atoms in total. The number of carbonyl (C=O) groups excluding carboxylic acids is 1. The molecule has 16 heavy (non-hydrogen) atoms. The number of nitrogens with zero attached hydrogens (tertiary/aromatic N) is 2. The second kappa shape index (κ2) is 3.45. The van der Waals surface area contributed by atoms with Crippen LogP contribution in [0.1, 0.15) is 16.8 Å². The van der Waals surface area contributed by atoms with Gasteiger partial charge in [0, 0.05) is 31.4 Å². The monoisotopic (exact) mass is 218 g/mol. The first-order chi connectivity index (χ1) is 7.74. The smallest absolute Gasteiger partial charge is 0.250 e. The van der Waals surface area contributed by atoms with E-state index in [1.54, 1.807) is 6.20 Å². The van der Waals surface area contributed by atoms with E-state index in [0.29, 0.717) is 17.6 Å². The number of nitrogens with one attached hydrogen (secondary N) is 1. The van der Waals surface area contributed by atoms with E-state index in [9.17, 15) is 4.79 Å². The average molecular weight is 218 g/mol. The fourth-order valence-corrected chi connectivity index (χ4v) is 2.60. The van der Waals surface area contributed by atoms with Gasteiger partial charge in [-0.2, -0.15) is 0 Å². The zero-order valence-corrected chi connectivity index (χ0v) is 8.89. The van der Waals surface area contributed by atoms with Gasteiger partial charge in [0.15, 0.2) is 0 Å². The molecule has 2 aliphatic rings. The SMILES string of the molecule is NC(=O)c1cncc(N2C[C@@H]3C[C@H]2CN3)c1. The van der Waals surface area contributed by atoms with Gasteiger partial charge in [0.25, 0.3) is 0 Å². The molecule has 2 bridgehead atoms. The van der Waals surface area contributed by atoms with E-state index < -0.39 is 5.91 Å². The van der Waals surface area contributed by atoms with Gasteiger partial charge in [-0.25, -0.2) is 0 Å². The highest BCUT2D eigenvalue weighted by molar-refractivity contribution is 5.93. The molecule has 1 amide bonds. The molecule has 3 rings (SSSR count). The Morgan fingerprint density at radius 2 is 2.44 bits per heavy atom. The predicted octanol–water partition coefficient (Wildman–Crippen LogP) is -0.269. The first kappa shape index (κ1) is 9.59. The van der Waals surface area contributed by atoms with Gasteiger partial charge in [0.05, 0.1) is 17.4 Å². The summed E-state index contributed by atoms with van der Waals surface area (Å²) in [5.74, 6) is -0.420. The lowest BCUT2D eigenvalue weighted by atomic mass is 10.2. The van der Waals surface area contributed by atoms with Gasteiger partial charge in [-0.1, -0.05) is 0 Å². The summed E-state index contributed by atoms with van der Waals surface area (Å²) in [6.07, 6.45) is 4.49. The number of pyridine rings is 1. The number of nitrogens with two attached hydrogens (primary N) is 1. The standard InChI is InChI=1S/C11H14N4O/c12-11(16)7-1-9(4-13-3-7)15-6-8-2-10(15)5-14-8/h1,3-4,8,10,14H,2,5-6H2,(H2,12,16)/t8-,10-/m0/s1. The molecular formula is C11H14N4O. The van der Waals surface area contributed by atoms with Gasteiger partial charge in [-0.15, -0.1) is 0 Å². The summed E-state index contributed by atoms with van der Waals surface area (Å²) in [7, 11) is 0. The van der Waals surface area contributed by atoms with Crippen molar-refractivity contribution in [2.75, 3.05) is 18.0 Å². The molecule has 1 aromatic rings. The lowest BCUT2D eigenvalue weighted by Gasteiger charge is -2.29. The third-order valence-corrected chi connectivity index (χ3v) is 3.40. The Bertz CT molecular complexity index is 434. The van der Waals surface area contributed by atoms with Crippen molar-refractivity contribution in [2.24, 2.45) is 5.73 Å². The molecule has 84 valence electrons. The Kier molecular flexibility index (Phi) is 2.07. The molecule has 0 aliphatic carbocycles. The number of hydrogen-bond donors (Lipinski definition) is 2. The van der Waals surface area contributed by atoms with Crippen LogP contribution in [0.3, 0.4) is 0 Å². The molecule has 0 radical (unpaired) electrons. The molecule has 5 heteroatoms. The van der Waals surface area contributed by atoms with Crippen molar-refractivity contribution in [3.8, 4) is 0 Å². The van der Waals surface area contributed by atoms with Crippen molar-refractivity contribution in [2.45, 2.75) is 18.5 Å². The van der Waals surface area contributed by atoms with Crippen LogP contribution in [0.15, 0.2) is 18.5 Å².